The lowest BCUT2D eigenvalue weighted by Gasteiger charge is -2.10. The van der Waals surface area contributed by atoms with Crippen LogP contribution in [0.2, 0.25) is 0 Å². The molecule has 2 aromatic rings. The third-order valence-corrected chi connectivity index (χ3v) is 5.09. The first-order chi connectivity index (χ1) is 12.9. The van der Waals surface area contributed by atoms with Crippen LogP contribution in [0.15, 0.2) is 47.4 Å². The molecule has 0 aromatic heterocycles. The van der Waals surface area contributed by atoms with Crippen LogP contribution < -0.4 is 0 Å². The molecule has 0 saturated heterocycles. The SMILES string of the molecule is CC(C)C(C)C.O=S(=O)(O)c1cccc2ccccc12.OC[C@@H](O)[C@@H](O)CO. The van der Waals surface area contributed by atoms with Gasteiger partial charge in [0, 0.05) is 5.39 Å². The van der Waals surface area contributed by atoms with Gasteiger partial charge in [0.2, 0.25) is 0 Å². The van der Waals surface area contributed by atoms with Gasteiger partial charge in [-0.25, -0.2) is 0 Å². The van der Waals surface area contributed by atoms with E-state index < -0.39 is 35.5 Å². The third-order valence-electron chi connectivity index (χ3n) is 4.18. The first kappa shape index (κ1) is 26.4. The maximum atomic E-state index is 11.0. The molecule has 2 aromatic carbocycles. The lowest BCUT2D eigenvalue weighted by Crippen LogP contribution is -2.31. The number of rotatable bonds is 5. The summed E-state index contributed by atoms with van der Waals surface area (Å²) in [4.78, 5) is -0.0457. The average Bonchev–Trinajstić information content (AvgIpc) is 2.66. The molecule has 0 bridgehead atoms. The molecule has 8 heteroatoms. The molecule has 0 aliphatic rings. The van der Waals surface area contributed by atoms with Crippen LogP contribution in [0.5, 0.6) is 0 Å². The highest BCUT2D eigenvalue weighted by atomic mass is 32.2. The number of benzene rings is 2. The Morgan fingerprint density at radius 1 is 0.786 bits per heavy atom. The minimum absolute atomic E-state index is 0.0457. The Labute approximate surface area is 167 Å². The van der Waals surface area contributed by atoms with Gasteiger partial charge in [0.1, 0.15) is 17.1 Å². The summed E-state index contributed by atoms with van der Waals surface area (Å²) in [5.41, 5.74) is 0. The lowest BCUT2D eigenvalue weighted by atomic mass is 10.0. The predicted molar refractivity (Wildman–Crippen MR) is 110 cm³/mol. The lowest BCUT2D eigenvalue weighted by molar-refractivity contribution is -0.0388. The van der Waals surface area contributed by atoms with Crippen molar-refractivity contribution in [2.75, 3.05) is 13.2 Å². The van der Waals surface area contributed by atoms with Gasteiger partial charge in [-0.2, -0.15) is 8.42 Å². The van der Waals surface area contributed by atoms with E-state index in [1.807, 2.05) is 6.07 Å². The maximum absolute atomic E-state index is 11.0. The summed E-state index contributed by atoms with van der Waals surface area (Å²) < 4.78 is 31.0. The third kappa shape index (κ3) is 9.59. The van der Waals surface area contributed by atoms with E-state index in [4.69, 9.17) is 25.0 Å². The van der Waals surface area contributed by atoms with Gasteiger partial charge >= 0.3 is 0 Å². The molecule has 0 aliphatic carbocycles. The van der Waals surface area contributed by atoms with E-state index in [1.54, 1.807) is 30.3 Å². The molecule has 0 aliphatic heterocycles. The number of aliphatic hydroxyl groups excluding tert-OH is 4. The summed E-state index contributed by atoms with van der Waals surface area (Å²) in [5.74, 6) is 1.70. The van der Waals surface area contributed by atoms with Gasteiger partial charge in [0.25, 0.3) is 10.1 Å². The fraction of sp³-hybridized carbons (Fsp3) is 0.500. The second kappa shape index (κ2) is 12.8. The van der Waals surface area contributed by atoms with Gasteiger partial charge in [-0.05, 0) is 23.3 Å². The Morgan fingerprint density at radius 3 is 1.61 bits per heavy atom. The summed E-state index contributed by atoms with van der Waals surface area (Å²) in [7, 11) is -4.13. The second-order valence-electron chi connectivity index (χ2n) is 6.94. The van der Waals surface area contributed by atoms with Crippen molar-refractivity contribution in [2.45, 2.75) is 44.8 Å². The standard InChI is InChI=1S/C10H8O3S.C6H14.C4H10O4/c11-14(12,13)10-7-3-5-8-4-1-2-6-9(8)10;1-5(2)6(3)4;5-1-3(7)4(8)2-6/h1-7H,(H,11,12,13);5-6H,1-4H3;3-8H,1-2H2/t;;3-,4+. The molecule has 0 radical (unpaired) electrons. The largest absolute Gasteiger partial charge is 0.394 e. The van der Waals surface area contributed by atoms with E-state index in [9.17, 15) is 8.42 Å². The van der Waals surface area contributed by atoms with Crippen LogP contribution in [0, 0.1) is 11.8 Å². The van der Waals surface area contributed by atoms with Gasteiger partial charge in [0.05, 0.1) is 13.2 Å². The molecule has 0 heterocycles. The zero-order valence-electron chi connectivity index (χ0n) is 16.7. The minimum atomic E-state index is -4.13. The fourth-order valence-corrected chi connectivity index (χ4v) is 2.38. The zero-order chi connectivity index (χ0) is 21.9. The van der Waals surface area contributed by atoms with Gasteiger partial charge in [0.15, 0.2) is 0 Å². The van der Waals surface area contributed by atoms with Crippen molar-refractivity contribution in [1.29, 1.82) is 0 Å². The Bertz CT molecular complexity index is 769. The highest BCUT2D eigenvalue weighted by Gasteiger charge is 2.13. The van der Waals surface area contributed by atoms with Crippen molar-refractivity contribution >= 4 is 20.9 Å². The first-order valence-electron chi connectivity index (χ1n) is 8.98. The molecule has 0 fully saturated rings. The van der Waals surface area contributed by atoms with Gasteiger partial charge in [-0.1, -0.05) is 64.1 Å². The van der Waals surface area contributed by atoms with E-state index in [-0.39, 0.29) is 4.90 Å². The molecule has 0 spiro atoms. The zero-order valence-corrected chi connectivity index (χ0v) is 17.5. The summed E-state index contributed by atoms with van der Waals surface area (Å²) in [6.45, 7) is 7.91. The Kier molecular flexibility index (Phi) is 12.1. The van der Waals surface area contributed by atoms with Crippen LogP contribution in [-0.2, 0) is 10.1 Å². The smallest absolute Gasteiger partial charge is 0.295 e. The molecule has 160 valence electrons. The average molecular weight is 417 g/mol. The first-order valence-corrected chi connectivity index (χ1v) is 10.4. The molecular formula is C20H32O7S. The van der Waals surface area contributed by atoms with Crippen molar-refractivity contribution in [3.8, 4) is 0 Å². The molecule has 0 amide bonds. The minimum Gasteiger partial charge on any atom is -0.394 e. The molecule has 2 rings (SSSR count). The van der Waals surface area contributed by atoms with Gasteiger partial charge in [-0.3, -0.25) is 4.55 Å². The topological polar surface area (TPSA) is 135 Å². The second-order valence-corrected chi connectivity index (χ2v) is 8.33. The highest BCUT2D eigenvalue weighted by molar-refractivity contribution is 7.86. The van der Waals surface area contributed by atoms with Crippen molar-refractivity contribution in [3.63, 3.8) is 0 Å². The van der Waals surface area contributed by atoms with Crippen LogP contribution in [0.1, 0.15) is 27.7 Å². The van der Waals surface area contributed by atoms with Crippen LogP contribution in [-0.4, -0.2) is 58.8 Å². The summed E-state index contributed by atoms with van der Waals surface area (Å²) in [6, 6.07) is 11.8. The molecule has 0 saturated carbocycles. The van der Waals surface area contributed by atoms with Crippen molar-refractivity contribution in [3.05, 3.63) is 42.5 Å². The summed E-state index contributed by atoms with van der Waals surface area (Å²) >= 11 is 0. The molecule has 28 heavy (non-hydrogen) atoms. The van der Waals surface area contributed by atoms with E-state index >= 15 is 0 Å². The number of aliphatic hydroxyl groups is 4. The van der Waals surface area contributed by atoms with Gasteiger partial charge < -0.3 is 20.4 Å². The van der Waals surface area contributed by atoms with Crippen LogP contribution in [0.4, 0.5) is 0 Å². The summed E-state index contributed by atoms with van der Waals surface area (Å²) in [6.07, 6.45) is -2.44. The van der Waals surface area contributed by atoms with Crippen LogP contribution >= 0.6 is 0 Å². The van der Waals surface area contributed by atoms with E-state index in [0.29, 0.717) is 5.39 Å². The predicted octanol–water partition coefficient (Wildman–Crippen LogP) is 2.08. The summed E-state index contributed by atoms with van der Waals surface area (Å²) in [5, 5.41) is 34.5. The van der Waals surface area contributed by atoms with Crippen LogP contribution in [0.3, 0.4) is 0 Å². The Hall–Kier alpha value is -1.55. The molecule has 2 atom stereocenters. The quantitative estimate of drug-likeness (QED) is 0.471. The van der Waals surface area contributed by atoms with Gasteiger partial charge in [-0.15, -0.1) is 0 Å². The highest BCUT2D eigenvalue weighted by Crippen LogP contribution is 2.22. The van der Waals surface area contributed by atoms with E-state index in [2.05, 4.69) is 27.7 Å². The molecule has 5 N–H and O–H groups in total. The van der Waals surface area contributed by atoms with E-state index in [1.165, 1.54) is 6.07 Å². The monoisotopic (exact) mass is 416 g/mol. The van der Waals surface area contributed by atoms with Crippen molar-refractivity contribution < 1.29 is 33.4 Å². The van der Waals surface area contributed by atoms with E-state index in [0.717, 1.165) is 17.2 Å². The molecular weight excluding hydrogens is 384 g/mol. The normalized spacial score (nSPS) is 13.4. The van der Waals surface area contributed by atoms with Crippen molar-refractivity contribution in [1.82, 2.24) is 0 Å². The Balaban J connectivity index is 0.000000445. The molecule has 0 unspecified atom stereocenters. The van der Waals surface area contributed by atoms with Crippen LogP contribution in [0.25, 0.3) is 10.8 Å². The number of fused-ring (bicyclic) bond motifs is 1. The molecule has 7 nitrogen and oxygen atoms in total. The fourth-order valence-electron chi connectivity index (χ4n) is 1.66. The number of hydrogen-bond donors (Lipinski definition) is 5. The maximum Gasteiger partial charge on any atom is 0.295 e. The number of hydrogen-bond acceptors (Lipinski definition) is 6. The van der Waals surface area contributed by atoms with Crippen molar-refractivity contribution in [2.24, 2.45) is 11.8 Å². The Morgan fingerprint density at radius 2 is 1.21 bits per heavy atom.